The van der Waals surface area contributed by atoms with E-state index in [9.17, 15) is 4.79 Å². The number of rotatable bonds is 2. The number of nitrogens with zero attached hydrogens (tertiary/aromatic N) is 1. The Labute approximate surface area is 88.6 Å². The lowest BCUT2D eigenvalue weighted by Gasteiger charge is -2.05. The molecule has 1 aromatic heterocycles. The van der Waals surface area contributed by atoms with Gasteiger partial charge in [0.25, 0.3) is 0 Å². The van der Waals surface area contributed by atoms with Crippen LogP contribution in [0.5, 0.6) is 0 Å². The van der Waals surface area contributed by atoms with E-state index in [1.807, 2.05) is 37.3 Å². The minimum atomic E-state index is 0.479. The second-order valence-corrected chi connectivity index (χ2v) is 3.41. The van der Waals surface area contributed by atoms with E-state index >= 15 is 0 Å². The van der Waals surface area contributed by atoms with Gasteiger partial charge in [-0.3, -0.25) is 9.78 Å². The van der Waals surface area contributed by atoms with Gasteiger partial charge in [0.15, 0.2) is 6.29 Å². The first kappa shape index (κ1) is 9.59. The highest BCUT2D eigenvalue weighted by atomic mass is 16.1. The van der Waals surface area contributed by atoms with Crippen LogP contribution in [0, 0.1) is 6.92 Å². The van der Waals surface area contributed by atoms with Gasteiger partial charge in [-0.25, -0.2) is 0 Å². The van der Waals surface area contributed by atoms with Crippen molar-refractivity contribution < 1.29 is 4.79 Å². The molecule has 0 saturated heterocycles. The number of hydrogen-bond donors (Lipinski definition) is 0. The summed E-state index contributed by atoms with van der Waals surface area (Å²) < 4.78 is 0. The summed E-state index contributed by atoms with van der Waals surface area (Å²) in [5.74, 6) is 0. The molecule has 0 N–H and O–H groups in total. The van der Waals surface area contributed by atoms with Crippen molar-refractivity contribution in [3.63, 3.8) is 0 Å². The topological polar surface area (TPSA) is 30.0 Å². The van der Waals surface area contributed by atoms with Gasteiger partial charge < -0.3 is 0 Å². The highest BCUT2D eigenvalue weighted by Crippen LogP contribution is 2.21. The monoisotopic (exact) mass is 197 g/mol. The molecule has 1 heterocycles. The summed E-state index contributed by atoms with van der Waals surface area (Å²) in [6, 6.07) is 11.8. The molecule has 0 unspecified atom stereocenters. The summed E-state index contributed by atoms with van der Waals surface area (Å²) in [5, 5.41) is 0. The summed E-state index contributed by atoms with van der Waals surface area (Å²) >= 11 is 0. The molecule has 2 heteroatoms. The lowest BCUT2D eigenvalue weighted by Crippen LogP contribution is -1.90. The van der Waals surface area contributed by atoms with E-state index in [1.165, 1.54) is 0 Å². The molecule has 74 valence electrons. The smallest absolute Gasteiger partial charge is 0.168 e. The maximum absolute atomic E-state index is 10.5. The summed E-state index contributed by atoms with van der Waals surface area (Å²) in [6.07, 6.45) is 2.51. The molecule has 0 aliphatic rings. The zero-order chi connectivity index (χ0) is 10.7. The lowest BCUT2D eigenvalue weighted by atomic mass is 10.0. The Balaban J connectivity index is 2.51. The van der Waals surface area contributed by atoms with Gasteiger partial charge in [0.2, 0.25) is 0 Å². The predicted molar refractivity (Wildman–Crippen MR) is 59.8 cm³/mol. The van der Waals surface area contributed by atoms with Crippen LogP contribution in [0.2, 0.25) is 0 Å². The van der Waals surface area contributed by atoms with Crippen LogP contribution < -0.4 is 0 Å². The molecule has 0 aliphatic heterocycles. The van der Waals surface area contributed by atoms with Gasteiger partial charge in [-0.05, 0) is 24.1 Å². The number of aryl methyl sites for hydroxylation is 1. The fourth-order valence-electron chi connectivity index (χ4n) is 1.56. The summed E-state index contributed by atoms with van der Waals surface area (Å²) in [4.78, 5) is 14.6. The first-order valence-electron chi connectivity index (χ1n) is 4.78. The van der Waals surface area contributed by atoms with Gasteiger partial charge in [0, 0.05) is 11.8 Å². The molecular formula is C13H11NO. The largest absolute Gasteiger partial charge is 0.296 e. The molecule has 2 rings (SSSR count). The molecule has 2 aromatic rings. The predicted octanol–water partition coefficient (Wildman–Crippen LogP) is 2.87. The first-order chi connectivity index (χ1) is 7.31. The fraction of sp³-hybridized carbons (Fsp3) is 0.0769. The van der Waals surface area contributed by atoms with E-state index in [-0.39, 0.29) is 0 Å². The molecule has 2 nitrogen and oxygen atoms in total. The van der Waals surface area contributed by atoms with E-state index in [0.29, 0.717) is 5.69 Å². The number of aromatic nitrogens is 1. The third-order valence-corrected chi connectivity index (χ3v) is 2.34. The van der Waals surface area contributed by atoms with Crippen LogP contribution in [0.25, 0.3) is 11.1 Å². The molecule has 0 fully saturated rings. The van der Waals surface area contributed by atoms with Crippen molar-refractivity contribution in [1.82, 2.24) is 4.98 Å². The molecule has 0 amide bonds. The Morgan fingerprint density at radius 1 is 1.20 bits per heavy atom. The van der Waals surface area contributed by atoms with Crippen molar-refractivity contribution in [2.24, 2.45) is 0 Å². The third kappa shape index (κ3) is 1.94. The Kier molecular flexibility index (Phi) is 2.59. The van der Waals surface area contributed by atoms with E-state index in [4.69, 9.17) is 0 Å². The van der Waals surface area contributed by atoms with Crippen LogP contribution in [0.15, 0.2) is 42.6 Å². The normalized spacial score (nSPS) is 9.93. The Bertz CT molecular complexity index is 477. The third-order valence-electron chi connectivity index (χ3n) is 2.34. The molecular weight excluding hydrogens is 186 g/mol. The quantitative estimate of drug-likeness (QED) is 0.693. The summed E-state index contributed by atoms with van der Waals surface area (Å²) in [6.45, 7) is 1.98. The van der Waals surface area contributed by atoms with Crippen LogP contribution in [0.3, 0.4) is 0 Å². The average molecular weight is 197 g/mol. The molecule has 15 heavy (non-hydrogen) atoms. The second-order valence-electron chi connectivity index (χ2n) is 3.41. The van der Waals surface area contributed by atoms with Crippen molar-refractivity contribution >= 4 is 6.29 Å². The SMILES string of the molecule is Cc1cc(C=O)ncc1-c1ccccc1. The summed E-state index contributed by atoms with van der Waals surface area (Å²) in [7, 11) is 0. The zero-order valence-corrected chi connectivity index (χ0v) is 8.47. The van der Waals surface area contributed by atoms with Gasteiger partial charge in [-0.15, -0.1) is 0 Å². The summed E-state index contributed by atoms with van der Waals surface area (Å²) in [5.41, 5.74) is 3.74. The number of hydrogen-bond acceptors (Lipinski definition) is 2. The second kappa shape index (κ2) is 4.05. The van der Waals surface area contributed by atoms with Gasteiger partial charge in [-0.2, -0.15) is 0 Å². The number of aldehydes is 1. The average Bonchev–Trinajstić information content (AvgIpc) is 2.30. The van der Waals surface area contributed by atoms with Crippen LogP contribution in [0.1, 0.15) is 16.1 Å². The molecule has 0 spiro atoms. The maximum atomic E-state index is 10.5. The number of benzene rings is 1. The number of carbonyl (C=O) groups excluding carboxylic acids is 1. The van der Waals surface area contributed by atoms with E-state index < -0.39 is 0 Å². The number of pyridine rings is 1. The van der Waals surface area contributed by atoms with Crippen LogP contribution in [-0.4, -0.2) is 11.3 Å². The zero-order valence-electron chi connectivity index (χ0n) is 8.47. The van der Waals surface area contributed by atoms with Gasteiger partial charge in [0.1, 0.15) is 5.69 Å². The highest BCUT2D eigenvalue weighted by Gasteiger charge is 2.02. The van der Waals surface area contributed by atoms with E-state index in [2.05, 4.69) is 4.98 Å². The molecule has 1 aromatic carbocycles. The van der Waals surface area contributed by atoms with Crippen molar-refractivity contribution in [1.29, 1.82) is 0 Å². The van der Waals surface area contributed by atoms with Gasteiger partial charge in [-0.1, -0.05) is 30.3 Å². The van der Waals surface area contributed by atoms with Crippen molar-refractivity contribution in [2.75, 3.05) is 0 Å². The first-order valence-corrected chi connectivity index (χ1v) is 4.78. The Morgan fingerprint density at radius 3 is 2.53 bits per heavy atom. The van der Waals surface area contributed by atoms with Crippen LogP contribution in [-0.2, 0) is 0 Å². The standard InChI is InChI=1S/C13H11NO/c1-10-7-12(9-15)14-8-13(10)11-5-3-2-4-6-11/h2-9H,1H3. The lowest BCUT2D eigenvalue weighted by molar-refractivity contribution is 0.111. The molecule has 0 saturated carbocycles. The Morgan fingerprint density at radius 2 is 1.93 bits per heavy atom. The van der Waals surface area contributed by atoms with Gasteiger partial charge >= 0.3 is 0 Å². The fourth-order valence-corrected chi connectivity index (χ4v) is 1.56. The molecule has 0 aliphatic carbocycles. The van der Waals surface area contributed by atoms with Crippen molar-refractivity contribution in [3.05, 3.63) is 53.9 Å². The van der Waals surface area contributed by atoms with Crippen LogP contribution >= 0.6 is 0 Å². The maximum Gasteiger partial charge on any atom is 0.168 e. The highest BCUT2D eigenvalue weighted by molar-refractivity contribution is 5.75. The Hall–Kier alpha value is -1.96. The minimum absolute atomic E-state index is 0.479. The van der Waals surface area contributed by atoms with Gasteiger partial charge in [0.05, 0.1) is 0 Å². The number of carbonyl (C=O) groups is 1. The molecule has 0 atom stereocenters. The van der Waals surface area contributed by atoms with E-state index in [1.54, 1.807) is 12.3 Å². The van der Waals surface area contributed by atoms with Crippen molar-refractivity contribution in [3.8, 4) is 11.1 Å². The van der Waals surface area contributed by atoms with Crippen molar-refractivity contribution in [2.45, 2.75) is 6.92 Å². The van der Waals surface area contributed by atoms with E-state index in [0.717, 1.165) is 23.0 Å². The molecule has 0 bridgehead atoms. The van der Waals surface area contributed by atoms with Crippen LogP contribution in [0.4, 0.5) is 0 Å². The minimum Gasteiger partial charge on any atom is -0.296 e. The molecule has 0 radical (unpaired) electrons.